The minimum atomic E-state index is -0.0683. The van der Waals surface area contributed by atoms with Gasteiger partial charge in [0.05, 0.1) is 6.33 Å². The molecule has 132 valence electrons. The molecule has 2 heteroatoms. The van der Waals surface area contributed by atoms with Gasteiger partial charge in [-0.1, -0.05) is 17.7 Å². The fourth-order valence-corrected chi connectivity index (χ4v) is 3.96. The van der Waals surface area contributed by atoms with Gasteiger partial charge in [0, 0.05) is 0 Å². The van der Waals surface area contributed by atoms with E-state index in [-0.39, 0.29) is 5.82 Å². The molecule has 0 aromatic heterocycles. The number of hydrogen-bond donors (Lipinski definition) is 0. The van der Waals surface area contributed by atoms with Crippen LogP contribution in [0.15, 0.2) is 18.0 Å². The molecule has 1 saturated carbocycles. The zero-order valence-electron chi connectivity index (χ0n) is 15.7. The van der Waals surface area contributed by atoms with Gasteiger partial charge in [0.1, 0.15) is 5.82 Å². The van der Waals surface area contributed by atoms with Gasteiger partial charge in [-0.25, -0.2) is 8.78 Å². The van der Waals surface area contributed by atoms with Crippen molar-refractivity contribution in [1.82, 2.24) is 0 Å². The third-order valence-electron chi connectivity index (χ3n) is 6.01. The molecular weight excluding hydrogens is 302 g/mol. The van der Waals surface area contributed by atoms with Gasteiger partial charge in [-0.2, -0.15) is 0 Å². The molecule has 0 atom stereocenters. The molecule has 1 fully saturated rings. The molecule has 24 heavy (non-hydrogen) atoms. The lowest BCUT2D eigenvalue weighted by atomic mass is 9.77. The molecular formula is C22H30F2. The first-order valence-electron chi connectivity index (χ1n) is 9.06. The van der Waals surface area contributed by atoms with Crippen LogP contribution in [0, 0.1) is 45.3 Å². The maximum absolute atomic E-state index is 14.2. The Labute approximate surface area is 145 Å². The standard InChI is InChI=1S/C22H30F2/c1-14(20-10-8-19(9-11-20)7-6-12-23)13-21-15(2)17(4)22(24)18(5)16(21)3/h6,12-13,19-20H,7-11H2,1-5H3/b12-6+,14-13+. The predicted octanol–water partition coefficient (Wildman–Crippen LogP) is 7.14. The molecule has 2 rings (SSSR count). The van der Waals surface area contributed by atoms with Crippen LogP contribution in [0.4, 0.5) is 8.78 Å². The van der Waals surface area contributed by atoms with E-state index < -0.39 is 0 Å². The lowest BCUT2D eigenvalue weighted by molar-refractivity contribution is 0.303. The van der Waals surface area contributed by atoms with E-state index in [9.17, 15) is 8.78 Å². The van der Waals surface area contributed by atoms with Crippen LogP contribution in [0.1, 0.15) is 66.8 Å². The Balaban J connectivity index is 2.18. The van der Waals surface area contributed by atoms with E-state index in [2.05, 4.69) is 13.0 Å². The first-order valence-corrected chi connectivity index (χ1v) is 9.06. The third kappa shape index (κ3) is 3.96. The van der Waals surface area contributed by atoms with Gasteiger partial charge in [-0.05, 0) is 106 Å². The molecule has 0 bridgehead atoms. The van der Waals surface area contributed by atoms with E-state index in [1.807, 2.05) is 27.7 Å². The van der Waals surface area contributed by atoms with E-state index in [0.29, 0.717) is 18.2 Å². The lowest BCUT2D eigenvalue weighted by Gasteiger charge is -2.29. The largest absolute Gasteiger partial charge is 0.216 e. The first kappa shape index (κ1) is 18.9. The predicted molar refractivity (Wildman–Crippen MR) is 99.3 cm³/mol. The van der Waals surface area contributed by atoms with Gasteiger partial charge in [-0.15, -0.1) is 0 Å². The van der Waals surface area contributed by atoms with Crippen LogP contribution in [-0.2, 0) is 0 Å². The summed E-state index contributed by atoms with van der Waals surface area (Å²) in [7, 11) is 0. The first-order chi connectivity index (χ1) is 11.4. The Hall–Kier alpha value is -1.44. The van der Waals surface area contributed by atoms with E-state index >= 15 is 0 Å². The Bertz CT molecular complexity index is 615. The van der Waals surface area contributed by atoms with E-state index in [0.717, 1.165) is 28.7 Å². The SMILES string of the molecule is C/C(=C\c1c(C)c(C)c(F)c(C)c1C)C1CCC(C/C=C/F)CC1. The minimum absolute atomic E-state index is 0.0683. The number of rotatable bonds is 4. The highest BCUT2D eigenvalue weighted by Gasteiger charge is 2.22. The molecule has 0 amide bonds. The Morgan fingerprint density at radius 1 is 0.958 bits per heavy atom. The van der Waals surface area contributed by atoms with Gasteiger partial charge in [0.2, 0.25) is 0 Å². The monoisotopic (exact) mass is 332 g/mol. The van der Waals surface area contributed by atoms with Crippen molar-refractivity contribution in [3.8, 4) is 0 Å². The summed E-state index contributed by atoms with van der Waals surface area (Å²) in [6, 6.07) is 0. The summed E-state index contributed by atoms with van der Waals surface area (Å²) in [5, 5.41) is 0. The van der Waals surface area contributed by atoms with Crippen molar-refractivity contribution in [3.63, 3.8) is 0 Å². The molecule has 1 aliphatic carbocycles. The Morgan fingerprint density at radius 2 is 1.50 bits per heavy atom. The molecule has 0 aliphatic heterocycles. The maximum Gasteiger partial charge on any atom is 0.129 e. The topological polar surface area (TPSA) is 0 Å². The highest BCUT2D eigenvalue weighted by atomic mass is 19.1. The number of allylic oxidation sites excluding steroid dienone is 2. The average Bonchev–Trinajstić information content (AvgIpc) is 2.60. The molecule has 0 nitrogen and oxygen atoms in total. The van der Waals surface area contributed by atoms with E-state index in [1.54, 1.807) is 6.08 Å². The molecule has 1 aromatic carbocycles. The number of halogens is 2. The highest BCUT2D eigenvalue weighted by Crippen LogP contribution is 2.36. The van der Waals surface area contributed by atoms with Crippen molar-refractivity contribution < 1.29 is 8.78 Å². The van der Waals surface area contributed by atoms with E-state index in [1.165, 1.54) is 36.8 Å². The highest BCUT2D eigenvalue weighted by molar-refractivity contribution is 5.63. The molecule has 0 radical (unpaired) electrons. The minimum Gasteiger partial charge on any atom is -0.216 e. The van der Waals surface area contributed by atoms with Crippen molar-refractivity contribution in [2.24, 2.45) is 11.8 Å². The summed E-state index contributed by atoms with van der Waals surface area (Å²) in [6.07, 6.45) is 10.1. The Morgan fingerprint density at radius 3 is 2.00 bits per heavy atom. The van der Waals surface area contributed by atoms with Crippen molar-refractivity contribution in [2.45, 2.75) is 66.7 Å². The van der Waals surface area contributed by atoms with Crippen LogP contribution in [-0.4, -0.2) is 0 Å². The van der Waals surface area contributed by atoms with Crippen LogP contribution in [0.3, 0.4) is 0 Å². The van der Waals surface area contributed by atoms with Gasteiger partial charge >= 0.3 is 0 Å². The summed E-state index contributed by atoms with van der Waals surface area (Å²) in [6.45, 7) is 9.98. The summed E-state index contributed by atoms with van der Waals surface area (Å²) in [5.74, 6) is 1.15. The van der Waals surface area contributed by atoms with Crippen LogP contribution < -0.4 is 0 Å². The van der Waals surface area contributed by atoms with Crippen LogP contribution >= 0.6 is 0 Å². The molecule has 1 aliphatic rings. The van der Waals surface area contributed by atoms with Crippen molar-refractivity contribution in [3.05, 3.63) is 51.6 Å². The maximum atomic E-state index is 14.2. The zero-order chi connectivity index (χ0) is 17.9. The molecule has 0 saturated heterocycles. The second kappa shape index (κ2) is 8.09. The third-order valence-corrected chi connectivity index (χ3v) is 6.01. The number of benzene rings is 1. The molecule has 1 aromatic rings. The van der Waals surface area contributed by atoms with Crippen LogP contribution in [0.5, 0.6) is 0 Å². The zero-order valence-corrected chi connectivity index (χ0v) is 15.7. The fraction of sp³-hybridized carbons (Fsp3) is 0.545. The summed E-state index contributed by atoms with van der Waals surface area (Å²) < 4.78 is 26.4. The van der Waals surface area contributed by atoms with E-state index in [4.69, 9.17) is 0 Å². The molecule has 0 spiro atoms. The molecule has 0 N–H and O–H groups in total. The van der Waals surface area contributed by atoms with Crippen LogP contribution in [0.25, 0.3) is 6.08 Å². The number of hydrogen-bond acceptors (Lipinski definition) is 0. The van der Waals surface area contributed by atoms with Gasteiger partial charge < -0.3 is 0 Å². The van der Waals surface area contributed by atoms with Gasteiger partial charge in [-0.3, -0.25) is 0 Å². The Kier molecular flexibility index (Phi) is 6.37. The van der Waals surface area contributed by atoms with Crippen molar-refractivity contribution >= 4 is 6.08 Å². The molecule has 0 heterocycles. The van der Waals surface area contributed by atoms with Crippen LogP contribution in [0.2, 0.25) is 0 Å². The second-order valence-electron chi connectivity index (χ2n) is 7.43. The van der Waals surface area contributed by atoms with Crippen molar-refractivity contribution in [2.75, 3.05) is 0 Å². The summed E-state index contributed by atoms with van der Waals surface area (Å²) in [5.41, 5.74) is 6.21. The smallest absolute Gasteiger partial charge is 0.129 e. The van der Waals surface area contributed by atoms with Gasteiger partial charge in [0.15, 0.2) is 0 Å². The summed E-state index contributed by atoms with van der Waals surface area (Å²) in [4.78, 5) is 0. The fourth-order valence-electron chi connectivity index (χ4n) is 3.96. The average molecular weight is 332 g/mol. The second-order valence-corrected chi connectivity index (χ2v) is 7.43. The van der Waals surface area contributed by atoms with Gasteiger partial charge in [0.25, 0.3) is 0 Å². The lowest BCUT2D eigenvalue weighted by Crippen LogP contribution is -2.15. The molecule has 0 unspecified atom stereocenters. The van der Waals surface area contributed by atoms with Crippen molar-refractivity contribution in [1.29, 1.82) is 0 Å². The summed E-state index contributed by atoms with van der Waals surface area (Å²) >= 11 is 0. The normalized spacial score (nSPS) is 22.4. The quantitative estimate of drug-likeness (QED) is 0.549.